The number of aryl methyl sites for hydroxylation is 1. The summed E-state index contributed by atoms with van der Waals surface area (Å²) in [6.07, 6.45) is 0. The molecule has 1 N–H and O–H groups in total. The third-order valence-corrected chi connectivity index (χ3v) is 3.88. The second-order valence-corrected chi connectivity index (χ2v) is 5.31. The van der Waals surface area contributed by atoms with Gasteiger partial charge in [-0.3, -0.25) is 0 Å². The molecule has 0 saturated carbocycles. The topological polar surface area (TPSA) is 33.1 Å². The van der Waals surface area contributed by atoms with Crippen molar-refractivity contribution >= 4 is 22.5 Å². The van der Waals surface area contributed by atoms with Gasteiger partial charge in [0.1, 0.15) is 5.82 Å². The molecule has 2 nitrogen and oxygen atoms in total. The lowest BCUT2D eigenvalue weighted by Crippen LogP contribution is -1.92. The molecule has 0 aliphatic rings. The van der Waals surface area contributed by atoms with Gasteiger partial charge >= 0.3 is 0 Å². The fourth-order valence-electron chi connectivity index (χ4n) is 2.39. The highest BCUT2D eigenvalue weighted by molar-refractivity contribution is 6.33. The van der Waals surface area contributed by atoms with Crippen LogP contribution in [0.15, 0.2) is 42.5 Å². The van der Waals surface area contributed by atoms with E-state index in [9.17, 15) is 9.50 Å². The minimum atomic E-state index is -0.460. The Morgan fingerprint density at radius 1 is 1.19 bits per heavy atom. The van der Waals surface area contributed by atoms with Crippen LogP contribution in [0.2, 0.25) is 5.02 Å². The number of aromatic nitrogens is 1. The van der Waals surface area contributed by atoms with Crippen molar-refractivity contribution in [3.63, 3.8) is 0 Å². The highest BCUT2D eigenvalue weighted by Gasteiger charge is 2.11. The molecule has 3 aromatic rings. The van der Waals surface area contributed by atoms with Crippen molar-refractivity contribution in [3.8, 4) is 11.3 Å². The summed E-state index contributed by atoms with van der Waals surface area (Å²) < 4.78 is 13.6. The normalized spacial score (nSPS) is 11.0. The van der Waals surface area contributed by atoms with E-state index >= 15 is 0 Å². The second-order valence-electron chi connectivity index (χ2n) is 4.94. The van der Waals surface area contributed by atoms with Crippen LogP contribution in [0.1, 0.15) is 11.1 Å². The molecule has 0 unspecified atom stereocenters. The largest absolute Gasteiger partial charge is 0.392 e. The summed E-state index contributed by atoms with van der Waals surface area (Å²) in [7, 11) is 0. The van der Waals surface area contributed by atoms with Crippen molar-refractivity contribution in [1.82, 2.24) is 4.98 Å². The summed E-state index contributed by atoms with van der Waals surface area (Å²) >= 11 is 6.03. The van der Waals surface area contributed by atoms with Crippen LogP contribution in [0, 0.1) is 12.7 Å². The number of pyridine rings is 1. The molecule has 0 amide bonds. The van der Waals surface area contributed by atoms with Gasteiger partial charge in [-0.25, -0.2) is 9.37 Å². The molecule has 106 valence electrons. The summed E-state index contributed by atoms with van der Waals surface area (Å²) in [4.78, 5) is 4.55. The van der Waals surface area contributed by atoms with Crippen LogP contribution in [0.25, 0.3) is 22.2 Å². The van der Waals surface area contributed by atoms with Crippen molar-refractivity contribution < 1.29 is 9.50 Å². The average Bonchev–Trinajstić information content (AvgIpc) is 2.49. The van der Waals surface area contributed by atoms with Crippen molar-refractivity contribution in [2.45, 2.75) is 13.5 Å². The Hall–Kier alpha value is -1.97. The zero-order valence-electron chi connectivity index (χ0n) is 11.4. The Labute approximate surface area is 126 Å². The van der Waals surface area contributed by atoms with Gasteiger partial charge in [0, 0.05) is 10.9 Å². The summed E-state index contributed by atoms with van der Waals surface area (Å²) in [5.74, 6) is -0.460. The monoisotopic (exact) mass is 301 g/mol. The summed E-state index contributed by atoms with van der Waals surface area (Å²) in [6.45, 7) is 1.93. The van der Waals surface area contributed by atoms with E-state index in [1.54, 1.807) is 12.1 Å². The first-order valence-corrected chi connectivity index (χ1v) is 6.93. The van der Waals surface area contributed by atoms with Gasteiger partial charge in [0.25, 0.3) is 0 Å². The number of nitrogens with zero attached hydrogens (tertiary/aromatic N) is 1. The van der Waals surface area contributed by atoms with E-state index in [1.807, 2.05) is 31.2 Å². The van der Waals surface area contributed by atoms with Crippen LogP contribution in [0.5, 0.6) is 0 Å². The van der Waals surface area contributed by atoms with Gasteiger partial charge < -0.3 is 5.11 Å². The highest BCUT2D eigenvalue weighted by Crippen LogP contribution is 2.31. The number of benzene rings is 2. The molecule has 0 fully saturated rings. The Kier molecular flexibility index (Phi) is 3.62. The van der Waals surface area contributed by atoms with Gasteiger partial charge in [0.2, 0.25) is 0 Å². The maximum atomic E-state index is 13.6. The van der Waals surface area contributed by atoms with Crippen molar-refractivity contribution in [3.05, 3.63) is 64.4 Å². The van der Waals surface area contributed by atoms with Crippen molar-refractivity contribution in [2.75, 3.05) is 0 Å². The van der Waals surface area contributed by atoms with Crippen LogP contribution in [-0.2, 0) is 6.61 Å². The average molecular weight is 302 g/mol. The minimum Gasteiger partial charge on any atom is -0.392 e. The third-order valence-electron chi connectivity index (χ3n) is 3.49. The zero-order chi connectivity index (χ0) is 15.0. The summed E-state index contributed by atoms with van der Waals surface area (Å²) in [5, 5.41) is 10.3. The molecule has 1 heterocycles. The fourth-order valence-corrected chi connectivity index (χ4v) is 2.61. The molecule has 4 heteroatoms. The van der Waals surface area contributed by atoms with Gasteiger partial charge in [-0.1, -0.05) is 35.9 Å². The number of rotatable bonds is 2. The molecular formula is C17H13ClFNO. The van der Waals surface area contributed by atoms with E-state index in [-0.39, 0.29) is 11.6 Å². The van der Waals surface area contributed by atoms with E-state index in [2.05, 4.69) is 4.98 Å². The van der Waals surface area contributed by atoms with E-state index in [0.717, 1.165) is 22.0 Å². The molecule has 0 bridgehead atoms. The van der Waals surface area contributed by atoms with E-state index in [1.165, 1.54) is 6.07 Å². The minimum absolute atomic E-state index is 0.0401. The molecular weight excluding hydrogens is 289 g/mol. The van der Waals surface area contributed by atoms with Crippen molar-refractivity contribution in [2.24, 2.45) is 0 Å². The van der Waals surface area contributed by atoms with Gasteiger partial charge in [-0.05, 0) is 36.2 Å². The molecule has 0 aliphatic carbocycles. The standard InChI is InChI=1S/C17H13ClFNO/c1-10-7-15(13-3-2-4-14(19)17(13)18)20-16-8-11(9-21)5-6-12(10)16/h2-8,21H,9H2,1H3. The Balaban J connectivity index is 2.26. The maximum absolute atomic E-state index is 13.6. The molecule has 3 rings (SSSR count). The number of fused-ring (bicyclic) bond motifs is 1. The SMILES string of the molecule is Cc1cc(-c2cccc(F)c2Cl)nc2cc(CO)ccc12. The Bertz CT molecular complexity index is 832. The van der Waals surface area contributed by atoms with Gasteiger partial charge in [0.05, 0.1) is 22.8 Å². The number of aliphatic hydroxyl groups is 1. The lowest BCUT2D eigenvalue weighted by atomic mass is 10.0. The molecule has 21 heavy (non-hydrogen) atoms. The second kappa shape index (κ2) is 5.43. The first kappa shape index (κ1) is 14.0. The van der Waals surface area contributed by atoms with Crippen LogP contribution >= 0.6 is 11.6 Å². The highest BCUT2D eigenvalue weighted by atomic mass is 35.5. The first-order chi connectivity index (χ1) is 10.1. The van der Waals surface area contributed by atoms with Crippen molar-refractivity contribution in [1.29, 1.82) is 0 Å². The Morgan fingerprint density at radius 2 is 2.00 bits per heavy atom. The lowest BCUT2D eigenvalue weighted by molar-refractivity contribution is 0.282. The smallest absolute Gasteiger partial charge is 0.142 e. The summed E-state index contributed by atoms with van der Waals surface area (Å²) in [6, 6.07) is 12.2. The predicted octanol–water partition coefficient (Wildman–Crippen LogP) is 4.50. The molecule has 2 aromatic carbocycles. The van der Waals surface area contributed by atoms with Crippen LogP contribution in [-0.4, -0.2) is 10.1 Å². The van der Waals surface area contributed by atoms with E-state index < -0.39 is 5.82 Å². The van der Waals surface area contributed by atoms with Crippen LogP contribution < -0.4 is 0 Å². The first-order valence-electron chi connectivity index (χ1n) is 6.55. The van der Waals surface area contributed by atoms with Crippen LogP contribution in [0.4, 0.5) is 4.39 Å². The van der Waals surface area contributed by atoms with Crippen LogP contribution in [0.3, 0.4) is 0 Å². The lowest BCUT2D eigenvalue weighted by Gasteiger charge is -2.09. The molecule has 0 aliphatic heterocycles. The number of hydrogen-bond acceptors (Lipinski definition) is 2. The van der Waals surface area contributed by atoms with Gasteiger partial charge in [-0.15, -0.1) is 0 Å². The molecule has 0 saturated heterocycles. The quantitative estimate of drug-likeness (QED) is 0.756. The molecule has 1 aromatic heterocycles. The predicted molar refractivity (Wildman–Crippen MR) is 82.8 cm³/mol. The third kappa shape index (κ3) is 2.50. The molecule has 0 radical (unpaired) electrons. The number of aliphatic hydroxyl groups excluding tert-OH is 1. The molecule has 0 atom stereocenters. The van der Waals surface area contributed by atoms with E-state index in [0.29, 0.717) is 11.3 Å². The fraction of sp³-hybridized carbons (Fsp3) is 0.118. The Morgan fingerprint density at radius 3 is 2.76 bits per heavy atom. The summed E-state index contributed by atoms with van der Waals surface area (Å²) in [5.41, 5.74) is 3.77. The van der Waals surface area contributed by atoms with E-state index in [4.69, 9.17) is 11.6 Å². The number of hydrogen-bond donors (Lipinski definition) is 1. The zero-order valence-corrected chi connectivity index (χ0v) is 12.2. The molecule has 0 spiro atoms. The maximum Gasteiger partial charge on any atom is 0.142 e. The van der Waals surface area contributed by atoms with Gasteiger partial charge in [0.15, 0.2) is 0 Å². The number of halogens is 2. The van der Waals surface area contributed by atoms with Gasteiger partial charge in [-0.2, -0.15) is 0 Å².